The number of benzene rings is 2. The van der Waals surface area contributed by atoms with Crippen molar-refractivity contribution in [3.63, 3.8) is 0 Å². The van der Waals surface area contributed by atoms with E-state index in [0.29, 0.717) is 5.13 Å². The van der Waals surface area contributed by atoms with Gasteiger partial charge in [0.05, 0.1) is 7.11 Å². The second kappa shape index (κ2) is 7.43. The first-order valence-electron chi connectivity index (χ1n) is 8.28. The van der Waals surface area contributed by atoms with Crippen LogP contribution < -0.4 is 15.8 Å². The zero-order valence-electron chi connectivity index (χ0n) is 14.6. The average molecular weight is 375 g/mol. The number of pyridine rings is 1. The van der Waals surface area contributed by atoms with Gasteiger partial charge < -0.3 is 15.8 Å². The fourth-order valence-corrected chi connectivity index (χ4v) is 3.32. The second-order valence-electron chi connectivity index (χ2n) is 5.80. The molecule has 6 nitrogen and oxygen atoms in total. The summed E-state index contributed by atoms with van der Waals surface area (Å²) in [6, 6.07) is 17.9. The largest absolute Gasteiger partial charge is 0.497 e. The van der Waals surface area contributed by atoms with Gasteiger partial charge in [0.25, 0.3) is 0 Å². The molecule has 0 saturated heterocycles. The maximum Gasteiger partial charge on any atom is 0.203 e. The van der Waals surface area contributed by atoms with Gasteiger partial charge >= 0.3 is 0 Å². The van der Waals surface area contributed by atoms with Crippen molar-refractivity contribution in [3.8, 4) is 27.4 Å². The Labute approximate surface area is 160 Å². The monoisotopic (exact) mass is 375 g/mol. The predicted molar refractivity (Wildman–Crippen MR) is 109 cm³/mol. The van der Waals surface area contributed by atoms with Crippen LogP contribution in [0.2, 0.25) is 0 Å². The van der Waals surface area contributed by atoms with E-state index in [9.17, 15) is 0 Å². The molecule has 0 spiro atoms. The summed E-state index contributed by atoms with van der Waals surface area (Å²) in [6.45, 7) is 0. The third-order valence-electron chi connectivity index (χ3n) is 4.07. The molecule has 3 N–H and O–H groups in total. The van der Waals surface area contributed by atoms with Gasteiger partial charge in [-0.3, -0.25) is 4.98 Å². The molecule has 0 aliphatic heterocycles. The Morgan fingerprint density at radius 2 is 1.67 bits per heavy atom. The lowest BCUT2D eigenvalue weighted by Crippen LogP contribution is -1.94. The number of nitrogens with zero attached hydrogens (tertiary/aromatic N) is 3. The zero-order chi connectivity index (χ0) is 18.6. The van der Waals surface area contributed by atoms with Crippen molar-refractivity contribution in [1.82, 2.24) is 15.2 Å². The zero-order valence-corrected chi connectivity index (χ0v) is 15.4. The fraction of sp³-hybridized carbons (Fsp3) is 0.0500. The first-order valence-corrected chi connectivity index (χ1v) is 9.09. The molecule has 0 fully saturated rings. The molecule has 7 heteroatoms. The molecule has 2 heterocycles. The number of nitrogen functional groups attached to an aromatic ring is 1. The molecule has 4 aromatic rings. The highest BCUT2D eigenvalue weighted by Crippen LogP contribution is 2.32. The van der Waals surface area contributed by atoms with Gasteiger partial charge in [-0.1, -0.05) is 23.5 Å². The van der Waals surface area contributed by atoms with E-state index in [-0.39, 0.29) is 0 Å². The van der Waals surface area contributed by atoms with Gasteiger partial charge in [0.1, 0.15) is 10.8 Å². The Morgan fingerprint density at radius 3 is 2.33 bits per heavy atom. The normalized spacial score (nSPS) is 10.6. The molecule has 134 valence electrons. The minimum atomic E-state index is 0.466. The van der Waals surface area contributed by atoms with Crippen LogP contribution in [-0.2, 0) is 0 Å². The SMILES string of the molecule is COc1ccc(-c2cnccc2Nc2ccc(-c3nnc(N)s3)cc2)cc1. The van der Waals surface area contributed by atoms with Gasteiger partial charge in [0.15, 0.2) is 0 Å². The molecule has 0 aliphatic carbocycles. The third kappa shape index (κ3) is 3.73. The Hall–Kier alpha value is -3.45. The Bertz CT molecular complexity index is 1040. The van der Waals surface area contributed by atoms with E-state index in [1.807, 2.05) is 60.8 Å². The van der Waals surface area contributed by atoms with Gasteiger partial charge in [-0.05, 0) is 48.0 Å². The van der Waals surface area contributed by atoms with Gasteiger partial charge in [-0.15, -0.1) is 10.2 Å². The molecule has 0 atom stereocenters. The molecule has 2 aromatic carbocycles. The Morgan fingerprint density at radius 1 is 0.926 bits per heavy atom. The molecule has 0 saturated carbocycles. The van der Waals surface area contributed by atoms with Gasteiger partial charge in [-0.25, -0.2) is 0 Å². The minimum Gasteiger partial charge on any atom is -0.497 e. The van der Waals surface area contributed by atoms with Gasteiger partial charge in [0, 0.05) is 34.9 Å². The van der Waals surface area contributed by atoms with Crippen molar-refractivity contribution in [2.75, 3.05) is 18.2 Å². The van der Waals surface area contributed by atoms with Crippen LogP contribution >= 0.6 is 11.3 Å². The average Bonchev–Trinajstić information content (AvgIpc) is 3.15. The lowest BCUT2D eigenvalue weighted by molar-refractivity contribution is 0.415. The lowest BCUT2D eigenvalue weighted by atomic mass is 10.1. The topological polar surface area (TPSA) is 86.0 Å². The van der Waals surface area contributed by atoms with Crippen LogP contribution in [0, 0.1) is 0 Å². The maximum atomic E-state index is 5.66. The predicted octanol–water partition coefficient (Wildman–Crippen LogP) is 4.60. The first-order chi connectivity index (χ1) is 13.2. The number of ether oxygens (including phenoxy) is 1. The van der Waals surface area contributed by atoms with Crippen LogP contribution in [0.3, 0.4) is 0 Å². The van der Waals surface area contributed by atoms with Crippen LogP contribution in [0.4, 0.5) is 16.5 Å². The van der Waals surface area contributed by atoms with Crippen LogP contribution in [0.15, 0.2) is 67.0 Å². The summed E-state index contributed by atoms with van der Waals surface area (Å²) in [6.07, 6.45) is 3.62. The number of hydrogen-bond donors (Lipinski definition) is 2. The standard InChI is InChI=1S/C20H17N5OS/c1-26-16-8-4-13(5-9-16)17-12-22-11-10-18(17)23-15-6-2-14(3-7-15)19-24-25-20(21)27-19/h2-12H,1H3,(H2,21,25)(H,22,23). The number of aromatic nitrogens is 3. The lowest BCUT2D eigenvalue weighted by Gasteiger charge is -2.12. The van der Waals surface area contributed by atoms with Crippen LogP contribution in [0.5, 0.6) is 5.75 Å². The van der Waals surface area contributed by atoms with Crippen LogP contribution in [0.1, 0.15) is 0 Å². The molecule has 2 aromatic heterocycles. The summed E-state index contributed by atoms with van der Waals surface area (Å²) < 4.78 is 5.23. The number of rotatable bonds is 5. The molecule has 0 bridgehead atoms. The van der Waals surface area contributed by atoms with Crippen molar-refractivity contribution in [2.24, 2.45) is 0 Å². The summed E-state index contributed by atoms with van der Waals surface area (Å²) >= 11 is 1.37. The first kappa shape index (κ1) is 17.0. The number of anilines is 3. The number of nitrogens with two attached hydrogens (primary N) is 1. The highest BCUT2D eigenvalue weighted by Gasteiger charge is 2.08. The molecular formula is C20H17N5OS. The van der Waals surface area contributed by atoms with Crippen molar-refractivity contribution in [1.29, 1.82) is 0 Å². The van der Waals surface area contributed by atoms with E-state index in [2.05, 4.69) is 20.5 Å². The summed E-state index contributed by atoms with van der Waals surface area (Å²) in [7, 11) is 1.66. The highest BCUT2D eigenvalue weighted by molar-refractivity contribution is 7.18. The quantitative estimate of drug-likeness (QED) is 0.530. The van der Waals surface area contributed by atoms with Crippen LogP contribution in [-0.4, -0.2) is 22.3 Å². The van der Waals surface area contributed by atoms with E-state index >= 15 is 0 Å². The Kier molecular flexibility index (Phi) is 4.67. The Balaban J connectivity index is 1.59. The molecular weight excluding hydrogens is 358 g/mol. The summed E-state index contributed by atoms with van der Waals surface area (Å²) in [5.74, 6) is 0.824. The highest BCUT2D eigenvalue weighted by atomic mass is 32.1. The number of hydrogen-bond acceptors (Lipinski definition) is 7. The minimum absolute atomic E-state index is 0.466. The van der Waals surface area contributed by atoms with E-state index in [1.54, 1.807) is 13.3 Å². The van der Waals surface area contributed by atoms with Crippen LogP contribution in [0.25, 0.3) is 21.7 Å². The van der Waals surface area contributed by atoms with E-state index in [0.717, 1.165) is 38.8 Å². The van der Waals surface area contributed by atoms with Gasteiger partial charge in [0.2, 0.25) is 5.13 Å². The molecule has 0 aliphatic rings. The molecule has 0 unspecified atom stereocenters. The number of nitrogens with one attached hydrogen (secondary N) is 1. The smallest absolute Gasteiger partial charge is 0.203 e. The third-order valence-corrected chi connectivity index (χ3v) is 4.88. The van der Waals surface area contributed by atoms with Crippen molar-refractivity contribution in [3.05, 3.63) is 67.0 Å². The summed E-state index contributed by atoms with van der Waals surface area (Å²) in [5.41, 5.74) is 10.7. The second-order valence-corrected chi connectivity index (χ2v) is 6.81. The van der Waals surface area contributed by atoms with E-state index in [4.69, 9.17) is 10.5 Å². The van der Waals surface area contributed by atoms with Gasteiger partial charge in [-0.2, -0.15) is 0 Å². The van der Waals surface area contributed by atoms with E-state index in [1.165, 1.54) is 11.3 Å². The summed E-state index contributed by atoms with van der Waals surface area (Å²) in [4.78, 5) is 4.27. The number of methoxy groups -OCH3 is 1. The summed E-state index contributed by atoms with van der Waals surface area (Å²) in [5, 5.41) is 12.7. The molecule has 0 amide bonds. The molecule has 27 heavy (non-hydrogen) atoms. The maximum absolute atomic E-state index is 5.66. The molecule has 0 radical (unpaired) electrons. The molecule has 4 rings (SSSR count). The van der Waals surface area contributed by atoms with Crippen molar-refractivity contribution >= 4 is 27.8 Å². The fourth-order valence-electron chi connectivity index (χ4n) is 2.71. The van der Waals surface area contributed by atoms with Crippen molar-refractivity contribution in [2.45, 2.75) is 0 Å². The van der Waals surface area contributed by atoms with E-state index < -0.39 is 0 Å². The van der Waals surface area contributed by atoms with Crippen molar-refractivity contribution < 1.29 is 4.74 Å².